The second-order valence-electron chi connectivity index (χ2n) is 5.77. The zero-order valence-electron chi connectivity index (χ0n) is 15.1. The number of rotatable bonds is 7. The Morgan fingerprint density at radius 1 is 1.25 bits per heavy atom. The monoisotopic (exact) mass is 444 g/mol. The van der Waals surface area contributed by atoms with E-state index in [0.717, 1.165) is 4.47 Å². The van der Waals surface area contributed by atoms with Crippen molar-refractivity contribution >= 4 is 32.9 Å². The zero-order chi connectivity index (χ0) is 20.1. The van der Waals surface area contributed by atoms with Gasteiger partial charge in [-0.05, 0) is 47.1 Å². The molecular formula is C21H17BrO6. The number of carbonyl (C=O) groups is 1. The third-order valence-electron chi connectivity index (χ3n) is 3.75. The number of para-hydroxylation sites is 1. The van der Waals surface area contributed by atoms with Crippen molar-refractivity contribution < 1.29 is 23.4 Å². The Labute approximate surface area is 169 Å². The Bertz CT molecular complexity index is 1090. The van der Waals surface area contributed by atoms with Gasteiger partial charge in [0.15, 0.2) is 6.61 Å². The summed E-state index contributed by atoms with van der Waals surface area (Å²) in [7, 11) is 0. The van der Waals surface area contributed by atoms with Crippen LogP contribution in [0.15, 0.2) is 68.8 Å². The summed E-state index contributed by atoms with van der Waals surface area (Å²) in [4.78, 5) is 24.3. The third-order valence-corrected chi connectivity index (χ3v) is 4.41. The Morgan fingerprint density at radius 2 is 2.04 bits per heavy atom. The van der Waals surface area contributed by atoms with E-state index in [-0.39, 0.29) is 24.4 Å². The summed E-state index contributed by atoms with van der Waals surface area (Å²) in [6.45, 7) is 4.97. The van der Waals surface area contributed by atoms with Gasteiger partial charge < -0.3 is 18.6 Å². The van der Waals surface area contributed by atoms with Gasteiger partial charge in [0.1, 0.15) is 29.4 Å². The largest absolute Gasteiger partial charge is 0.482 e. The van der Waals surface area contributed by atoms with Crippen LogP contribution in [0.25, 0.3) is 11.0 Å². The Kier molecular flexibility index (Phi) is 6.16. The molecule has 28 heavy (non-hydrogen) atoms. The molecule has 0 N–H and O–H groups in total. The number of hydrogen-bond acceptors (Lipinski definition) is 6. The van der Waals surface area contributed by atoms with E-state index in [1.165, 1.54) is 6.08 Å². The lowest BCUT2D eigenvalue weighted by atomic mass is 10.2. The summed E-state index contributed by atoms with van der Waals surface area (Å²) in [5, 5.41) is 0.342. The maximum atomic E-state index is 12.8. The molecule has 2 aromatic carbocycles. The number of halogens is 1. The average Bonchev–Trinajstić information content (AvgIpc) is 2.69. The van der Waals surface area contributed by atoms with E-state index in [9.17, 15) is 9.59 Å². The second kappa shape index (κ2) is 8.75. The van der Waals surface area contributed by atoms with Gasteiger partial charge in [-0.3, -0.25) is 4.79 Å². The first-order valence-electron chi connectivity index (χ1n) is 8.38. The molecule has 3 aromatic rings. The minimum absolute atomic E-state index is 0.112. The Morgan fingerprint density at radius 3 is 2.79 bits per heavy atom. The van der Waals surface area contributed by atoms with E-state index in [4.69, 9.17) is 18.6 Å². The van der Waals surface area contributed by atoms with Gasteiger partial charge >= 0.3 is 5.97 Å². The van der Waals surface area contributed by atoms with Gasteiger partial charge in [0.05, 0.1) is 9.86 Å². The molecule has 0 atom stereocenters. The first-order valence-corrected chi connectivity index (χ1v) is 9.18. The number of fused-ring (bicyclic) bond motifs is 1. The summed E-state index contributed by atoms with van der Waals surface area (Å²) in [6.07, 6.45) is 1.47. The molecule has 0 spiro atoms. The standard InChI is InChI=1S/C21H17BrO6/c1-3-10-25-19(23)12-26-14-8-9-15-18(11-14)27-13(2)21(20(15)24)28-17-7-5-4-6-16(17)22/h3-9,11H,1,10,12H2,2H3. The van der Waals surface area contributed by atoms with Crippen molar-refractivity contribution in [1.29, 1.82) is 0 Å². The highest BCUT2D eigenvalue weighted by Crippen LogP contribution is 2.31. The lowest BCUT2D eigenvalue weighted by Crippen LogP contribution is -2.15. The minimum Gasteiger partial charge on any atom is -0.482 e. The van der Waals surface area contributed by atoms with E-state index >= 15 is 0 Å². The van der Waals surface area contributed by atoms with E-state index in [0.29, 0.717) is 28.2 Å². The maximum absolute atomic E-state index is 12.8. The predicted octanol–water partition coefficient (Wildman–Crippen LogP) is 4.76. The molecule has 7 heteroatoms. The molecule has 0 amide bonds. The molecule has 144 valence electrons. The molecule has 0 aliphatic carbocycles. The van der Waals surface area contributed by atoms with Crippen LogP contribution < -0.4 is 14.9 Å². The van der Waals surface area contributed by atoms with Crippen LogP contribution in [0.4, 0.5) is 0 Å². The smallest absolute Gasteiger partial charge is 0.344 e. The number of benzene rings is 2. The first kappa shape index (κ1) is 19.7. The molecule has 0 unspecified atom stereocenters. The van der Waals surface area contributed by atoms with Crippen LogP contribution in [0.1, 0.15) is 5.76 Å². The van der Waals surface area contributed by atoms with Crippen LogP contribution in [0.2, 0.25) is 0 Å². The molecule has 0 aliphatic heterocycles. The number of ether oxygens (including phenoxy) is 3. The van der Waals surface area contributed by atoms with Gasteiger partial charge in [0.25, 0.3) is 0 Å². The predicted molar refractivity (Wildman–Crippen MR) is 108 cm³/mol. The van der Waals surface area contributed by atoms with E-state index < -0.39 is 5.97 Å². The Hall–Kier alpha value is -3.06. The molecule has 0 aliphatic rings. The second-order valence-corrected chi connectivity index (χ2v) is 6.62. The highest BCUT2D eigenvalue weighted by molar-refractivity contribution is 9.10. The number of hydrogen-bond donors (Lipinski definition) is 0. The van der Waals surface area contributed by atoms with Crippen molar-refractivity contribution in [3.63, 3.8) is 0 Å². The molecular weight excluding hydrogens is 428 g/mol. The molecule has 1 aromatic heterocycles. The molecule has 0 saturated heterocycles. The highest BCUT2D eigenvalue weighted by Gasteiger charge is 2.16. The molecule has 0 saturated carbocycles. The van der Waals surface area contributed by atoms with E-state index in [1.54, 1.807) is 31.2 Å². The van der Waals surface area contributed by atoms with Crippen LogP contribution in [-0.4, -0.2) is 19.2 Å². The highest BCUT2D eigenvalue weighted by atomic mass is 79.9. The van der Waals surface area contributed by atoms with Crippen LogP contribution >= 0.6 is 15.9 Å². The number of aryl methyl sites for hydroxylation is 1. The van der Waals surface area contributed by atoms with Gasteiger partial charge in [-0.2, -0.15) is 0 Å². The van der Waals surface area contributed by atoms with Crippen molar-refractivity contribution in [3.8, 4) is 17.2 Å². The maximum Gasteiger partial charge on any atom is 0.344 e. The fourth-order valence-electron chi connectivity index (χ4n) is 2.45. The average molecular weight is 445 g/mol. The zero-order valence-corrected chi connectivity index (χ0v) is 16.7. The van der Waals surface area contributed by atoms with Crippen molar-refractivity contribution in [1.82, 2.24) is 0 Å². The summed E-state index contributed by atoms with van der Waals surface area (Å²) in [5.74, 6) is 0.812. The van der Waals surface area contributed by atoms with Crippen molar-refractivity contribution in [3.05, 3.63) is 75.6 Å². The fourth-order valence-corrected chi connectivity index (χ4v) is 2.82. The first-order chi connectivity index (χ1) is 13.5. The van der Waals surface area contributed by atoms with Gasteiger partial charge in [-0.25, -0.2) is 4.79 Å². The molecule has 0 radical (unpaired) electrons. The van der Waals surface area contributed by atoms with Crippen LogP contribution in [0, 0.1) is 6.92 Å². The summed E-state index contributed by atoms with van der Waals surface area (Å²) in [5.41, 5.74) is 0.0328. The molecule has 3 rings (SSSR count). The third kappa shape index (κ3) is 4.43. The Balaban J connectivity index is 1.86. The van der Waals surface area contributed by atoms with Crippen LogP contribution in [0.5, 0.6) is 17.2 Å². The van der Waals surface area contributed by atoms with Crippen molar-refractivity contribution in [2.24, 2.45) is 0 Å². The van der Waals surface area contributed by atoms with E-state index in [2.05, 4.69) is 22.5 Å². The summed E-state index contributed by atoms with van der Waals surface area (Å²) >= 11 is 3.39. The van der Waals surface area contributed by atoms with Crippen molar-refractivity contribution in [2.75, 3.05) is 13.2 Å². The van der Waals surface area contributed by atoms with Gasteiger partial charge in [-0.1, -0.05) is 24.8 Å². The summed E-state index contributed by atoms with van der Waals surface area (Å²) in [6, 6.07) is 11.9. The fraction of sp³-hybridized carbons (Fsp3) is 0.143. The number of carbonyl (C=O) groups excluding carboxylic acids is 1. The summed E-state index contributed by atoms with van der Waals surface area (Å²) < 4.78 is 22.5. The van der Waals surface area contributed by atoms with Crippen LogP contribution in [-0.2, 0) is 9.53 Å². The van der Waals surface area contributed by atoms with Crippen LogP contribution in [0.3, 0.4) is 0 Å². The minimum atomic E-state index is -0.519. The van der Waals surface area contributed by atoms with Gasteiger partial charge in [-0.15, -0.1) is 0 Å². The quantitative estimate of drug-likeness (QED) is 0.386. The van der Waals surface area contributed by atoms with Crippen molar-refractivity contribution in [2.45, 2.75) is 6.92 Å². The topological polar surface area (TPSA) is 75.0 Å². The lowest BCUT2D eigenvalue weighted by Gasteiger charge is -2.11. The van der Waals surface area contributed by atoms with Gasteiger partial charge in [0, 0.05) is 6.07 Å². The molecule has 6 nitrogen and oxygen atoms in total. The molecule has 0 fully saturated rings. The van der Waals surface area contributed by atoms with Gasteiger partial charge in [0.2, 0.25) is 11.2 Å². The SMILES string of the molecule is C=CCOC(=O)COc1ccc2c(=O)c(Oc3ccccc3Br)c(C)oc2c1. The lowest BCUT2D eigenvalue weighted by molar-refractivity contribution is -0.144. The molecule has 0 bridgehead atoms. The number of esters is 1. The molecule has 1 heterocycles. The normalized spacial score (nSPS) is 10.5. The van der Waals surface area contributed by atoms with E-state index in [1.807, 2.05) is 18.2 Å².